The lowest BCUT2D eigenvalue weighted by Gasteiger charge is -2.38. The van der Waals surface area contributed by atoms with E-state index in [0.29, 0.717) is 12.0 Å². The van der Waals surface area contributed by atoms with Crippen molar-refractivity contribution in [2.24, 2.45) is 10.4 Å². The summed E-state index contributed by atoms with van der Waals surface area (Å²) in [6.45, 7) is 3.40. The maximum atomic E-state index is 10.9. The van der Waals surface area contributed by atoms with Gasteiger partial charge in [-0.1, -0.05) is 6.42 Å². The van der Waals surface area contributed by atoms with Crippen LogP contribution in [0.4, 0.5) is 0 Å². The Balaban J connectivity index is 1.68. The van der Waals surface area contributed by atoms with E-state index in [1.807, 2.05) is 7.05 Å². The molecule has 0 amide bonds. The molecule has 2 N–H and O–H groups in total. The Bertz CT molecular complexity index is 457. The predicted molar refractivity (Wildman–Crippen MR) is 81.3 cm³/mol. The van der Waals surface area contributed by atoms with E-state index in [1.54, 1.807) is 0 Å². The van der Waals surface area contributed by atoms with Gasteiger partial charge in [0, 0.05) is 33.2 Å². The second kappa shape index (κ2) is 6.30. The van der Waals surface area contributed by atoms with Crippen LogP contribution in [0.2, 0.25) is 0 Å². The lowest BCUT2D eigenvalue weighted by molar-refractivity contribution is 0.151. The average Bonchev–Trinajstić information content (AvgIpc) is 2.77. The molecular weight excluding hydrogens is 276 g/mol. The smallest absolute Gasteiger partial charge is 0.208 e. The summed E-state index contributed by atoms with van der Waals surface area (Å²) in [7, 11) is -1.27. The van der Waals surface area contributed by atoms with Gasteiger partial charge in [-0.05, 0) is 31.1 Å². The predicted octanol–water partition coefficient (Wildman–Crippen LogP) is 0.377. The molecule has 1 aliphatic carbocycles. The molecule has 116 valence electrons. The number of nitrogens with zero attached hydrogens (tertiary/aromatic N) is 2. The summed E-state index contributed by atoms with van der Waals surface area (Å²) in [5.41, 5.74) is 0.565. The first-order valence-corrected chi connectivity index (χ1v) is 9.24. The average molecular weight is 302 g/mol. The van der Waals surface area contributed by atoms with Crippen LogP contribution in [-0.2, 0) is 10.0 Å². The Morgan fingerprint density at radius 3 is 2.55 bits per heavy atom. The number of hydrogen-bond acceptors (Lipinski definition) is 3. The van der Waals surface area contributed by atoms with Crippen molar-refractivity contribution in [2.45, 2.75) is 32.1 Å². The van der Waals surface area contributed by atoms with Crippen molar-refractivity contribution in [3.8, 4) is 0 Å². The summed E-state index contributed by atoms with van der Waals surface area (Å²) in [6.07, 6.45) is 7.31. The van der Waals surface area contributed by atoms with Crippen LogP contribution < -0.4 is 10.0 Å². The minimum absolute atomic E-state index is 0.465. The van der Waals surface area contributed by atoms with Gasteiger partial charge < -0.3 is 10.2 Å². The van der Waals surface area contributed by atoms with Crippen molar-refractivity contribution < 1.29 is 8.42 Å². The van der Waals surface area contributed by atoms with Crippen LogP contribution in [0.25, 0.3) is 0 Å². The largest absolute Gasteiger partial charge is 0.356 e. The molecule has 20 heavy (non-hydrogen) atoms. The van der Waals surface area contributed by atoms with Crippen molar-refractivity contribution in [3.05, 3.63) is 0 Å². The highest BCUT2D eigenvalue weighted by atomic mass is 32.2. The summed E-state index contributed by atoms with van der Waals surface area (Å²) in [6, 6.07) is 0. The van der Waals surface area contributed by atoms with Crippen LogP contribution in [0, 0.1) is 5.41 Å². The van der Waals surface area contributed by atoms with Crippen molar-refractivity contribution >= 4 is 16.0 Å². The zero-order valence-corrected chi connectivity index (χ0v) is 13.3. The maximum Gasteiger partial charge on any atom is 0.208 e. The Morgan fingerprint density at radius 1 is 1.30 bits per heavy atom. The molecule has 2 aliphatic rings. The molecule has 2 rings (SSSR count). The molecule has 0 bridgehead atoms. The third-order valence-corrected chi connectivity index (χ3v) is 5.09. The number of aliphatic imine (C=N–C) groups is 1. The fourth-order valence-electron chi connectivity index (χ4n) is 3.08. The Labute approximate surface area is 122 Å². The van der Waals surface area contributed by atoms with Gasteiger partial charge in [0.05, 0.1) is 6.26 Å². The summed E-state index contributed by atoms with van der Waals surface area (Å²) >= 11 is 0. The normalized spacial score (nSPS) is 22.1. The Hall–Kier alpha value is -0.820. The first-order chi connectivity index (χ1) is 9.44. The fourth-order valence-corrected chi connectivity index (χ4v) is 3.59. The van der Waals surface area contributed by atoms with Gasteiger partial charge in [-0.25, -0.2) is 13.1 Å². The molecule has 0 unspecified atom stereocenters. The molecule has 0 radical (unpaired) electrons. The van der Waals surface area contributed by atoms with E-state index in [2.05, 4.69) is 19.9 Å². The van der Waals surface area contributed by atoms with Crippen LogP contribution in [-0.4, -0.2) is 58.8 Å². The fraction of sp³-hybridized carbons (Fsp3) is 0.923. The zero-order chi connectivity index (χ0) is 14.6. The number of rotatable bonds is 5. The number of sulfonamides is 1. The summed E-state index contributed by atoms with van der Waals surface area (Å²) < 4.78 is 24.4. The monoisotopic (exact) mass is 302 g/mol. The molecule has 1 spiro atoms. The topological polar surface area (TPSA) is 73.8 Å². The SMILES string of the molecule is CN=C(NCCCNS(C)(=O)=O)N1CCC2(CCC2)C1. The van der Waals surface area contributed by atoms with E-state index in [0.717, 1.165) is 32.0 Å². The van der Waals surface area contributed by atoms with Crippen molar-refractivity contribution in [1.82, 2.24) is 14.9 Å². The second-order valence-corrected chi connectivity index (χ2v) is 7.85. The van der Waals surface area contributed by atoms with Gasteiger partial charge in [-0.3, -0.25) is 4.99 Å². The van der Waals surface area contributed by atoms with Crippen LogP contribution >= 0.6 is 0 Å². The molecule has 0 aromatic rings. The minimum atomic E-state index is -3.08. The molecule has 1 aliphatic heterocycles. The molecule has 1 saturated heterocycles. The number of likely N-dealkylation sites (tertiary alicyclic amines) is 1. The van der Waals surface area contributed by atoms with Crippen molar-refractivity contribution in [2.75, 3.05) is 39.5 Å². The lowest BCUT2D eigenvalue weighted by atomic mass is 9.68. The second-order valence-electron chi connectivity index (χ2n) is 6.02. The van der Waals surface area contributed by atoms with E-state index < -0.39 is 10.0 Å². The van der Waals surface area contributed by atoms with Gasteiger partial charge in [-0.2, -0.15) is 0 Å². The third-order valence-electron chi connectivity index (χ3n) is 4.36. The van der Waals surface area contributed by atoms with Gasteiger partial charge in [0.25, 0.3) is 0 Å². The van der Waals surface area contributed by atoms with Gasteiger partial charge in [0.1, 0.15) is 0 Å². The van der Waals surface area contributed by atoms with E-state index in [1.165, 1.54) is 31.9 Å². The van der Waals surface area contributed by atoms with Crippen molar-refractivity contribution in [3.63, 3.8) is 0 Å². The number of nitrogens with one attached hydrogen (secondary N) is 2. The van der Waals surface area contributed by atoms with Crippen LogP contribution in [0.3, 0.4) is 0 Å². The summed E-state index contributed by atoms with van der Waals surface area (Å²) in [5.74, 6) is 0.952. The van der Waals surface area contributed by atoms with E-state index >= 15 is 0 Å². The summed E-state index contributed by atoms with van der Waals surface area (Å²) in [5, 5.41) is 3.32. The first kappa shape index (κ1) is 15.6. The molecule has 2 fully saturated rings. The number of guanidine groups is 1. The third kappa shape index (κ3) is 4.09. The van der Waals surface area contributed by atoms with Crippen molar-refractivity contribution in [1.29, 1.82) is 0 Å². The van der Waals surface area contributed by atoms with Crippen LogP contribution in [0.15, 0.2) is 4.99 Å². The maximum absolute atomic E-state index is 10.9. The molecule has 0 atom stereocenters. The molecule has 1 saturated carbocycles. The Morgan fingerprint density at radius 2 is 2.05 bits per heavy atom. The highest BCUT2D eigenvalue weighted by Gasteiger charge is 2.43. The van der Waals surface area contributed by atoms with Crippen LogP contribution in [0.5, 0.6) is 0 Å². The highest BCUT2D eigenvalue weighted by Crippen LogP contribution is 2.47. The molecule has 0 aromatic carbocycles. The minimum Gasteiger partial charge on any atom is -0.356 e. The highest BCUT2D eigenvalue weighted by molar-refractivity contribution is 7.88. The molecule has 7 heteroatoms. The summed E-state index contributed by atoms with van der Waals surface area (Å²) in [4.78, 5) is 6.67. The molecule has 1 heterocycles. The number of hydrogen-bond donors (Lipinski definition) is 2. The van der Waals surface area contributed by atoms with E-state index in [4.69, 9.17) is 0 Å². The quantitative estimate of drug-likeness (QED) is 0.437. The van der Waals surface area contributed by atoms with E-state index in [-0.39, 0.29) is 0 Å². The van der Waals surface area contributed by atoms with Gasteiger partial charge in [0.15, 0.2) is 5.96 Å². The van der Waals surface area contributed by atoms with Gasteiger partial charge in [-0.15, -0.1) is 0 Å². The van der Waals surface area contributed by atoms with Gasteiger partial charge in [0.2, 0.25) is 10.0 Å². The van der Waals surface area contributed by atoms with Gasteiger partial charge >= 0.3 is 0 Å². The molecule has 0 aromatic heterocycles. The lowest BCUT2D eigenvalue weighted by Crippen LogP contribution is -2.43. The molecular formula is C13H26N4O2S. The zero-order valence-electron chi connectivity index (χ0n) is 12.5. The van der Waals surface area contributed by atoms with E-state index in [9.17, 15) is 8.42 Å². The van der Waals surface area contributed by atoms with Crippen LogP contribution in [0.1, 0.15) is 32.1 Å². The molecule has 6 nitrogen and oxygen atoms in total. The first-order valence-electron chi connectivity index (χ1n) is 7.34. The standard InChI is InChI=1S/C13H26N4O2S/c1-14-12(15-8-4-9-16-20(2,18)19)17-10-7-13(11-17)5-3-6-13/h16H,3-11H2,1-2H3,(H,14,15). The Kier molecular flexibility index (Phi) is 4.90.